The van der Waals surface area contributed by atoms with Crippen molar-refractivity contribution in [3.8, 4) is 0 Å². The molecule has 9 heteroatoms. The highest BCUT2D eigenvalue weighted by atomic mass is 32.2. The number of thioether (sulfide) groups is 1. The number of rotatable bonds is 8. The molecule has 0 saturated carbocycles. The van der Waals surface area contributed by atoms with Crippen LogP contribution in [-0.4, -0.2) is 34.9 Å². The van der Waals surface area contributed by atoms with E-state index in [2.05, 4.69) is 5.32 Å². The number of carbonyl (C=O) groups excluding carboxylic acids is 3. The Hall–Kier alpha value is -3.20. The first kappa shape index (κ1) is 22.1. The van der Waals surface area contributed by atoms with Gasteiger partial charge in [-0.1, -0.05) is 12.1 Å². The van der Waals surface area contributed by atoms with Crippen LogP contribution in [0.15, 0.2) is 41.3 Å². The summed E-state index contributed by atoms with van der Waals surface area (Å²) in [4.78, 5) is 46.8. The van der Waals surface area contributed by atoms with Gasteiger partial charge in [-0.05, 0) is 50.1 Å². The van der Waals surface area contributed by atoms with E-state index >= 15 is 0 Å². The molecule has 0 aliphatic carbocycles. The molecule has 0 aliphatic heterocycles. The smallest absolute Gasteiger partial charge is 0.339 e. The van der Waals surface area contributed by atoms with E-state index in [-0.39, 0.29) is 28.5 Å². The lowest BCUT2D eigenvalue weighted by Gasteiger charge is -2.10. The summed E-state index contributed by atoms with van der Waals surface area (Å²) in [5, 5.41) is 13.6. The summed E-state index contributed by atoms with van der Waals surface area (Å²) in [6.07, 6.45) is 0. The lowest BCUT2D eigenvalue weighted by Crippen LogP contribution is -2.21. The maximum Gasteiger partial charge on any atom is 0.339 e. The van der Waals surface area contributed by atoms with Crippen molar-refractivity contribution in [2.45, 2.75) is 25.7 Å². The number of carbonyl (C=O) groups is 3. The Bertz CT molecular complexity index is 973. The summed E-state index contributed by atoms with van der Waals surface area (Å²) in [6.45, 7) is 4.35. The molecule has 1 amide bonds. The maximum atomic E-state index is 12.3. The molecule has 0 aliphatic rings. The van der Waals surface area contributed by atoms with Crippen molar-refractivity contribution < 1.29 is 24.0 Å². The number of aryl methyl sites for hydroxylation is 2. The van der Waals surface area contributed by atoms with Crippen LogP contribution in [0.1, 0.15) is 28.4 Å². The summed E-state index contributed by atoms with van der Waals surface area (Å²) in [7, 11) is 0. The minimum Gasteiger partial charge on any atom is -0.452 e. The van der Waals surface area contributed by atoms with E-state index in [9.17, 15) is 24.5 Å². The standard InChI is InChI=1S/C20H20N2O6S/c1-12-8-16(17(22(26)27)9-13(12)2)21-19(24)10-28-20(25)15-6-4-5-7-18(15)29-11-14(3)23/h4-9H,10-11H2,1-3H3,(H,21,24). The zero-order valence-corrected chi connectivity index (χ0v) is 17.0. The number of hydrogen-bond acceptors (Lipinski definition) is 7. The Morgan fingerprint density at radius 1 is 1.14 bits per heavy atom. The van der Waals surface area contributed by atoms with Crippen LogP contribution in [0, 0.1) is 24.0 Å². The molecule has 0 atom stereocenters. The number of nitro benzene ring substituents is 1. The Morgan fingerprint density at radius 3 is 2.45 bits per heavy atom. The third-order valence-corrected chi connectivity index (χ3v) is 5.17. The SMILES string of the molecule is CC(=O)CSc1ccccc1C(=O)OCC(=O)Nc1cc(C)c(C)cc1[N+](=O)[O-]. The van der Waals surface area contributed by atoms with Gasteiger partial charge in [0.25, 0.3) is 11.6 Å². The lowest BCUT2D eigenvalue weighted by molar-refractivity contribution is -0.384. The van der Waals surface area contributed by atoms with E-state index in [0.717, 1.165) is 11.1 Å². The topological polar surface area (TPSA) is 116 Å². The van der Waals surface area contributed by atoms with E-state index in [0.29, 0.717) is 4.90 Å². The Kier molecular flexibility index (Phi) is 7.49. The minimum absolute atomic E-state index is 0.0347. The fourth-order valence-corrected chi connectivity index (χ4v) is 3.23. The summed E-state index contributed by atoms with van der Waals surface area (Å²) >= 11 is 1.20. The Morgan fingerprint density at radius 2 is 1.79 bits per heavy atom. The molecular weight excluding hydrogens is 396 g/mol. The van der Waals surface area contributed by atoms with Crippen molar-refractivity contribution in [3.05, 3.63) is 63.2 Å². The van der Waals surface area contributed by atoms with Crippen molar-refractivity contribution >= 4 is 40.8 Å². The van der Waals surface area contributed by atoms with E-state index in [4.69, 9.17) is 4.74 Å². The third kappa shape index (κ3) is 6.15. The number of hydrogen-bond donors (Lipinski definition) is 1. The largest absolute Gasteiger partial charge is 0.452 e. The van der Waals surface area contributed by atoms with E-state index in [1.54, 1.807) is 32.0 Å². The second-order valence-corrected chi connectivity index (χ2v) is 7.34. The van der Waals surface area contributed by atoms with Gasteiger partial charge in [0, 0.05) is 11.0 Å². The molecule has 1 N–H and O–H groups in total. The fraction of sp³-hybridized carbons (Fsp3) is 0.250. The van der Waals surface area contributed by atoms with Crippen LogP contribution in [-0.2, 0) is 14.3 Å². The quantitative estimate of drug-likeness (QED) is 0.302. The van der Waals surface area contributed by atoms with Crippen LogP contribution in [0.5, 0.6) is 0 Å². The molecule has 0 radical (unpaired) electrons. The van der Waals surface area contributed by atoms with E-state index in [1.165, 1.54) is 36.9 Å². The first-order valence-corrected chi connectivity index (χ1v) is 9.61. The van der Waals surface area contributed by atoms with E-state index in [1.807, 2.05) is 0 Å². The summed E-state index contributed by atoms with van der Waals surface area (Å²) in [5.41, 5.74) is 1.54. The van der Waals surface area contributed by atoms with Crippen molar-refractivity contribution in [2.24, 2.45) is 0 Å². The van der Waals surface area contributed by atoms with Crippen molar-refractivity contribution in [1.29, 1.82) is 0 Å². The van der Waals surface area contributed by atoms with Gasteiger partial charge in [0.2, 0.25) is 0 Å². The van der Waals surface area contributed by atoms with Gasteiger partial charge in [-0.15, -0.1) is 11.8 Å². The van der Waals surface area contributed by atoms with Gasteiger partial charge >= 0.3 is 5.97 Å². The number of ether oxygens (including phenoxy) is 1. The molecule has 0 aromatic heterocycles. The molecule has 0 bridgehead atoms. The first-order valence-electron chi connectivity index (χ1n) is 8.63. The predicted molar refractivity (Wildman–Crippen MR) is 109 cm³/mol. The Labute approximate surface area is 171 Å². The monoisotopic (exact) mass is 416 g/mol. The zero-order chi connectivity index (χ0) is 21.6. The van der Waals surface area contributed by atoms with Crippen molar-refractivity contribution in [1.82, 2.24) is 0 Å². The molecule has 2 aromatic rings. The molecule has 152 valence electrons. The van der Waals surface area contributed by atoms with Crippen LogP contribution < -0.4 is 5.32 Å². The third-order valence-electron chi connectivity index (χ3n) is 3.96. The number of nitrogens with one attached hydrogen (secondary N) is 1. The molecule has 0 unspecified atom stereocenters. The van der Waals surface area contributed by atoms with Gasteiger partial charge in [-0.2, -0.15) is 0 Å². The molecule has 0 saturated heterocycles. The van der Waals surface area contributed by atoms with E-state index < -0.39 is 23.4 Å². The molecular formula is C20H20N2O6S. The first-order chi connectivity index (χ1) is 13.7. The second kappa shape index (κ2) is 9.83. The number of nitrogens with zero attached hydrogens (tertiary/aromatic N) is 1. The van der Waals surface area contributed by atoms with Gasteiger partial charge in [0.15, 0.2) is 6.61 Å². The molecule has 2 rings (SSSR count). The second-order valence-electron chi connectivity index (χ2n) is 6.32. The summed E-state index contributed by atoms with van der Waals surface area (Å²) in [6, 6.07) is 9.47. The fourth-order valence-electron chi connectivity index (χ4n) is 2.39. The average Bonchev–Trinajstić information content (AvgIpc) is 2.67. The molecule has 8 nitrogen and oxygen atoms in total. The van der Waals surface area contributed by atoms with Gasteiger partial charge < -0.3 is 10.1 Å². The molecule has 0 spiro atoms. The van der Waals surface area contributed by atoms with Crippen LogP contribution in [0.3, 0.4) is 0 Å². The minimum atomic E-state index is -0.721. The highest BCUT2D eigenvalue weighted by Gasteiger charge is 2.19. The summed E-state index contributed by atoms with van der Waals surface area (Å²) < 4.78 is 5.04. The van der Waals surface area contributed by atoms with Crippen molar-refractivity contribution in [2.75, 3.05) is 17.7 Å². The van der Waals surface area contributed by atoms with Gasteiger partial charge in [-0.3, -0.25) is 19.7 Å². The van der Waals surface area contributed by atoms with Crippen LogP contribution in [0.2, 0.25) is 0 Å². The number of amides is 1. The summed E-state index contributed by atoms with van der Waals surface area (Å²) in [5.74, 6) is -1.24. The zero-order valence-electron chi connectivity index (χ0n) is 16.2. The maximum absolute atomic E-state index is 12.3. The Balaban J connectivity index is 2.05. The number of ketones is 1. The normalized spacial score (nSPS) is 10.3. The van der Waals surface area contributed by atoms with Crippen LogP contribution >= 0.6 is 11.8 Å². The number of anilines is 1. The average molecular weight is 416 g/mol. The number of Topliss-reactive ketones (excluding diaryl/α,β-unsaturated/α-hetero) is 1. The predicted octanol–water partition coefficient (Wildman–Crippen LogP) is 3.69. The van der Waals surface area contributed by atoms with Gasteiger partial charge in [0.05, 0.1) is 16.2 Å². The molecule has 0 fully saturated rings. The highest BCUT2D eigenvalue weighted by molar-refractivity contribution is 8.00. The molecule has 2 aromatic carbocycles. The molecule has 29 heavy (non-hydrogen) atoms. The van der Waals surface area contributed by atoms with Crippen LogP contribution in [0.25, 0.3) is 0 Å². The molecule has 0 heterocycles. The highest BCUT2D eigenvalue weighted by Crippen LogP contribution is 2.28. The number of benzene rings is 2. The van der Waals surface area contributed by atoms with Gasteiger partial charge in [0.1, 0.15) is 11.5 Å². The lowest BCUT2D eigenvalue weighted by atomic mass is 10.1. The van der Waals surface area contributed by atoms with Gasteiger partial charge in [-0.25, -0.2) is 4.79 Å². The number of nitro groups is 1. The van der Waals surface area contributed by atoms with Crippen LogP contribution in [0.4, 0.5) is 11.4 Å². The van der Waals surface area contributed by atoms with Crippen molar-refractivity contribution in [3.63, 3.8) is 0 Å². The number of esters is 1.